The number of hydrogen-bond donors (Lipinski definition) is 0. The van der Waals surface area contributed by atoms with E-state index >= 15 is 0 Å². The van der Waals surface area contributed by atoms with Gasteiger partial charge in [0, 0.05) is 14.2 Å². The van der Waals surface area contributed by atoms with E-state index in [1.807, 2.05) is 0 Å². The van der Waals surface area contributed by atoms with Crippen LogP contribution in [-0.4, -0.2) is 40.4 Å². The third-order valence-corrected chi connectivity index (χ3v) is 2.22. The topological polar surface area (TPSA) is 151 Å². The third kappa shape index (κ3) is 4.87. The molecule has 0 aliphatic rings. The van der Waals surface area contributed by atoms with Gasteiger partial charge in [0.1, 0.15) is 0 Å². The average Bonchev–Trinajstić information content (AvgIpc) is 2.53. The van der Waals surface area contributed by atoms with E-state index in [0.29, 0.717) is 0 Å². The van der Waals surface area contributed by atoms with E-state index in [1.54, 1.807) is 0 Å². The quantitative estimate of drug-likeness (QED) is 0.525. The van der Waals surface area contributed by atoms with Gasteiger partial charge in [-0.3, -0.25) is 9.59 Å². The van der Waals surface area contributed by atoms with Crippen molar-refractivity contribution in [3.05, 3.63) is 36.6 Å². The summed E-state index contributed by atoms with van der Waals surface area (Å²) in [7, 11) is 3.37. The van der Waals surface area contributed by atoms with Gasteiger partial charge in [-0.25, -0.2) is 10.2 Å². The fourth-order valence-corrected chi connectivity index (χ4v) is 1.17. The molecule has 120 valence electrons. The van der Waals surface area contributed by atoms with E-state index in [-0.39, 0.29) is 0 Å². The number of rotatable bonds is 9. The predicted octanol–water partition coefficient (Wildman–Crippen LogP) is -0.461. The second kappa shape index (κ2) is 9.66. The molecule has 0 rings (SSSR count). The maximum atomic E-state index is 11.9. The molecule has 0 aromatic carbocycles. The summed E-state index contributed by atoms with van der Waals surface area (Å²) in [6.45, 7) is 0. The summed E-state index contributed by atoms with van der Waals surface area (Å²) in [5.41, 5.74) is 0. The van der Waals surface area contributed by atoms with Crippen molar-refractivity contribution in [3.8, 4) is 0 Å². The second-order valence-corrected chi connectivity index (χ2v) is 3.37. The van der Waals surface area contributed by atoms with Crippen LogP contribution >= 0.6 is 0 Å². The first kappa shape index (κ1) is 20.7. The van der Waals surface area contributed by atoms with Gasteiger partial charge in [-0.05, 0) is 0 Å². The van der Waals surface area contributed by atoms with Gasteiger partial charge in [-0.2, -0.15) is 10.2 Å². The molecule has 22 heavy (non-hydrogen) atoms. The summed E-state index contributed by atoms with van der Waals surface area (Å²) in [4.78, 5) is 22.8. The van der Waals surface area contributed by atoms with Gasteiger partial charge in [-0.15, -0.1) is 0 Å². The maximum absolute atomic E-state index is 11.9. The molecule has 0 unspecified atom stereocenters. The minimum absolute atomic E-state index is 0.842. The first-order valence-corrected chi connectivity index (χ1v) is 5.42. The highest BCUT2D eigenvalue weighted by Crippen LogP contribution is 2.40. The third-order valence-electron chi connectivity index (χ3n) is 2.22. The van der Waals surface area contributed by atoms with Gasteiger partial charge in [0.15, 0.2) is 24.0 Å². The smallest absolute Gasteiger partial charge is 0.322 e. The number of ether oxygens (including phenoxy) is 4. The van der Waals surface area contributed by atoms with Crippen LogP contribution in [0.2, 0.25) is 0 Å². The van der Waals surface area contributed by atoms with Crippen LogP contribution in [0.25, 0.3) is 0 Å². The van der Waals surface area contributed by atoms with Gasteiger partial charge in [0.05, 0.1) is 14.2 Å². The molecule has 0 aliphatic carbocycles. The van der Waals surface area contributed by atoms with Gasteiger partial charge in [0.25, 0.3) is 12.6 Å². The van der Waals surface area contributed by atoms with Gasteiger partial charge < -0.3 is 18.9 Å². The first-order chi connectivity index (χ1) is 10.3. The molecule has 0 bridgehead atoms. The number of methoxy groups -OCH3 is 4. The van der Waals surface area contributed by atoms with Crippen molar-refractivity contribution in [2.75, 3.05) is 28.4 Å². The van der Waals surface area contributed by atoms with Crippen LogP contribution in [-0.2, 0) is 49.0 Å². The number of carbonyl (C=O) groups excluding carboxylic acids is 2. The lowest BCUT2D eigenvalue weighted by atomic mass is 9.88. The number of carbonyl (C=O) groups is 2. The molecule has 0 amide bonds. The molecule has 0 saturated heterocycles. The Labute approximate surface area is 127 Å². The molecule has 10 nitrogen and oxygen atoms in total. The Bertz CT molecular complexity index is 326. The largest absolute Gasteiger partial charge is 0.468 e. The van der Waals surface area contributed by atoms with E-state index in [0.717, 1.165) is 28.4 Å². The number of hydrogen-bond acceptors (Lipinski definition) is 6. The second-order valence-electron chi connectivity index (χ2n) is 3.37. The SMILES string of the molecule is CO[C]([O])[C]([C]([O])[C]([O])[C]([C]([O])OC)C(=O)OC)C(=O)OC. The maximum Gasteiger partial charge on any atom is 0.322 e. The average molecular weight is 316 g/mol. The summed E-state index contributed by atoms with van der Waals surface area (Å²) in [5.74, 6) is -5.56. The van der Waals surface area contributed by atoms with E-state index in [1.165, 1.54) is 0 Å². The number of esters is 2. The van der Waals surface area contributed by atoms with Crippen molar-refractivity contribution < 1.29 is 49.0 Å². The van der Waals surface area contributed by atoms with Crippen LogP contribution in [0.1, 0.15) is 0 Å². The highest BCUT2D eigenvalue weighted by atomic mass is 16.6. The van der Waals surface area contributed by atoms with E-state index in [4.69, 9.17) is 0 Å². The molecule has 0 N–H and O–H groups in total. The summed E-state index contributed by atoms with van der Waals surface area (Å²) >= 11 is 0. The Morgan fingerprint density at radius 1 is 0.545 bits per heavy atom. The van der Waals surface area contributed by atoms with Gasteiger partial charge >= 0.3 is 11.9 Å². The Morgan fingerprint density at radius 2 is 0.818 bits per heavy atom. The van der Waals surface area contributed by atoms with Crippen molar-refractivity contribution in [2.45, 2.75) is 0 Å². The zero-order valence-electron chi connectivity index (χ0n) is 12.1. The summed E-state index contributed by atoms with van der Waals surface area (Å²) in [6, 6.07) is 0. The molecule has 0 spiro atoms. The molecule has 0 aromatic heterocycles. The summed E-state index contributed by atoms with van der Waals surface area (Å²) < 4.78 is 16.7. The minimum Gasteiger partial charge on any atom is -0.468 e. The molecule has 0 aliphatic heterocycles. The lowest BCUT2D eigenvalue weighted by Gasteiger charge is -2.24. The molecule has 0 fully saturated rings. The Morgan fingerprint density at radius 3 is 1.00 bits per heavy atom. The molecule has 10 radical (unpaired) electrons. The van der Waals surface area contributed by atoms with Crippen LogP contribution < -0.4 is 0 Å². The molecule has 0 atom stereocenters. The van der Waals surface area contributed by atoms with E-state index < -0.39 is 48.6 Å². The zero-order valence-corrected chi connectivity index (χ0v) is 12.1. The van der Waals surface area contributed by atoms with Crippen LogP contribution in [0.15, 0.2) is 0 Å². The lowest BCUT2D eigenvalue weighted by molar-refractivity contribution is -0.147. The highest BCUT2D eigenvalue weighted by molar-refractivity contribution is 5.95. The molecule has 0 aromatic rings. The zero-order chi connectivity index (χ0) is 17.4. The highest BCUT2D eigenvalue weighted by Gasteiger charge is 2.54. The van der Waals surface area contributed by atoms with E-state index in [9.17, 15) is 30.0 Å². The fraction of sp³-hybridized carbons (Fsp3) is 0.333. The molecular formula is C12H12O10. The van der Waals surface area contributed by atoms with Crippen LogP contribution in [0.4, 0.5) is 0 Å². The summed E-state index contributed by atoms with van der Waals surface area (Å²) in [6.07, 6.45) is -6.49. The molecule has 10 heteroatoms. The molecule has 0 heterocycles. The molecule has 0 saturated carbocycles. The minimum atomic E-state index is -1.77. The Kier molecular flexibility index (Phi) is 9.09. The van der Waals surface area contributed by atoms with Crippen molar-refractivity contribution in [1.29, 1.82) is 0 Å². The van der Waals surface area contributed by atoms with Gasteiger partial charge in [-0.1, -0.05) is 0 Å². The van der Waals surface area contributed by atoms with Crippen LogP contribution in [0, 0.1) is 36.6 Å². The van der Waals surface area contributed by atoms with E-state index in [2.05, 4.69) is 18.9 Å². The predicted molar refractivity (Wildman–Crippen MR) is 60.3 cm³/mol. The van der Waals surface area contributed by atoms with Crippen molar-refractivity contribution in [3.63, 3.8) is 0 Å². The normalized spacial score (nSPS) is 12.1. The lowest BCUT2D eigenvalue weighted by Crippen LogP contribution is -2.36. The van der Waals surface area contributed by atoms with Crippen molar-refractivity contribution >= 4 is 11.9 Å². The summed E-state index contributed by atoms with van der Waals surface area (Å²) in [5, 5.41) is 46.6. The molecular weight excluding hydrogens is 304 g/mol. The fourth-order valence-electron chi connectivity index (χ4n) is 1.17. The monoisotopic (exact) mass is 316 g/mol. The van der Waals surface area contributed by atoms with Crippen LogP contribution in [0.5, 0.6) is 0 Å². The Balaban J connectivity index is 5.43. The Hall–Kier alpha value is -1.30. The van der Waals surface area contributed by atoms with Crippen molar-refractivity contribution in [2.24, 2.45) is 0 Å². The van der Waals surface area contributed by atoms with Gasteiger partial charge in [0.2, 0.25) is 0 Å². The standard InChI is InChI=1S/C12H12O10/c1-19-9(15)5(10(16)20-2)7(13)8(14)6(11(17)21-3)12(18)22-4/h1-4H3. The van der Waals surface area contributed by atoms with Crippen LogP contribution in [0.3, 0.4) is 0 Å². The first-order valence-electron chi connectivity index (χ1n) is 5.42. The van der Waals surface area contributed by atoms with Crippen molar-refractivity contribution in [1.82, 2.24) is 0 Å².